The third-order valence-electron chi connectivity index (χ3n) is 3.60. The number of nitrogens with one attached hydrogen (secondary N) is 1. The number of hydrogen-bond acceptors (Lipinski definition) is 2. The molecule has 0 heterocycles. The van der Waals surface area contributed by atoms with Gasteiger partial charge in [-0.1, -0.05) is 25.1 Å². The van der Waals surface area contributed by atoms with Crippen LogP contribution in [0.4, 0.5) is 4.39 Å². The molecule has 3 heteroatoms. The van der Waals surface area contributed by atoms with Crippen LogP contribution in [-0.4, -0.2) is 12.6 Å². The predicted octanol–water partition coefficient (Wildman–Crippen LogP) is 4.14. The van der Waals surface area contributed by atoms with E-state index in [1.54, 1.807) is 6.07 Å². The number of ether oxygens (including phenoxy) is 1. The highest BCUT2D eigenvalue weighted by molar-refractivity contribution is 5.68. The Morgan fingerprint density at radius 3 is 2.81 bits per heavy atom. The van der Waals surface area contributed by atoms with E-state index in [0.29, 0.717) is 12.6 Å². The zero-order valence-corrected chi connectivity index (χ0v) is 12.2. The van der Waals surface area contributed by atoms with Crippen molar-refractivity contribution in [1.82, 2.24) is 5.32 Å². The molecule has 0 atom stereocenters. The lowest BCUT2D eigenvalue weighted by atomic mass is 9.99. The third kappa shape index (κ3) is 3.61. The molecule has 0 amide bonds. The average Bonchev–Trinajstić information content (AvgIpc) is 3.29. The molecule has 1 aliphatic rings. The normalized spacial score (nSPS) is 14.2. The lowest BCUT2D eigenvalue weighted by molar-refractivity contribution is 0.303. The van der Waals surface area contributed by atoms with Gasteiger partial charge in [0.25, 0.3) is 0 Å². The molecule has 0 saturated heterocycles. The first kappa shape index (κ1) is 14.1. The molecule has 110 valence electrons. The first-order valence-electron chi connectivity index (χ1n) is 7.52. The molecule has 0 unspecified atom stereocenters. The molecule has 0 spiro atoms. The van der Waals surface area contributed by atoms with Gasteiger partial charge >= 0.3 is 0 Å². The van der Waals surface area contributed by atoms with Crippen molar-refractivity contribution in [2.75, 3.05) is 6.54 Å². The topological polar surface area (TPSA) is 21.3 Å². The van der Waals surface area contributed by atoms with Crippen molar-refractivity contribution in [3.05, 3.63) is 53.8 Å². The van der Waals surface area contributed by atoms with Crippen LogP contribution >= 0.6 is 0 Å². The number of halogens is 1. The van der Waals surface area contributed by atoms with E-state index in [2.05, 4.69) is 5.32 Å². The van der Waals surface area contributed by atoms with Gasteiger partial charge in [0, 0.05) is 6.54 Å². The van der Waals surface area contributed by atoms with E-state index < -0.39 is 0 Å². The van der Waals surface area contributed by atoms with E-state index in [1.807, 2.05) is 37.3 Å². The Morgan fingerprint density at radius 1 is 1.19 bits per heavy atom. The van der Waals surface area contributed by atoms with E-state index >= 15 is 0 Å². The Labute approximate surface area is 125 Å². The molecule has 1 fully saturated rings. The van der Waals surface area contributed by atoms with E-state index in [9.17, 15) is 4.39 Å². The maximum Gasteiger partial charge on any atom is 0.123 e. The summed E-state index contributed by atoms with van der Waals surface area (Å²) in [5.74, 6) is 0.700. The van der Waals surface area contributed by atoms with Crippen LogP contribution in [0, 0.1) is 5.82 Å². The quantitative estimate of drug-likeness (QED) is 0.861. The van der Waals surface area contributed by atoms with Crippen LogP contribution in [0.15, 0.2) is 42.5 Å². The first-order valence-corrected chi connectivity index (χ1v) is 7.52. The zero-order chi connectivity index (χ0) is 14.7. The molecule has 0 radical (unpaired) electrons. The van der Waals surface area contributed by atoms with Crippen molar-refractivity contribution >= 4 is 0 Å². The summed E-state index contributed by atoms with van der Waals surface area (Å²) >= 11 is 0. The van der Waals surface area contributed by atoms with Crippen LogP contribution in [0.5, 0.6) is 5.75 Å². The molecule has 0 aromatic heterocycles. The summed E-state index contributed by atoms with van der Waals surface area (Å²) in [5.41, 5.74) is 3.10. The van der Waals surface area contributed by atoms with Gasteiger partial charge in [-0.2, -0.15) is 0 Å². The van der Waals surface area contributed by atoms with Crippen molar-refractivity contribution in [2.24, 2.45) is 0 Å². The fraction of sp³-hybridized carbons (Fsp3) is 0.333. The summed E-state index contributed by atoms with van der Waals surface area (Å²) in [7, 11) is 0. The molecule has 3 rings (SSSR count). The maximum absolute atomic E-state index is 13.5. The lowest BCUT2D eigenvalue weighted by Crippen LogP contribution is -2.12. The number of hydrogen-bond donors (Lipinski definition) is 1. The number of benzene rings is 2. The molecule has 2 nitrogen and oxygen atoms in total. The van der Waals surface area contributed by atoms with E-state index in [0.717, 1.165) is 41.8 Å². The van der Waals surface area contributed by atoms with E-state index in [1.165, 1.54) is 6.07 Å². The minimum Gasteiger partial charge on any atom is -0.490 e. The summed E-state index contributed by atoms with van der Waals surface area (Å²) in [6.45, 7) is 3.57. The van der Waals surface area contributed by atoms with Crippen molar-refractivity contribution in [3.8, 4) is 16.9 Å². The monoisotopic (exact) mass is 285 g/mol. The van der Waals surface area contributed by atoms with Gasteiger partial charge in [-0.15, -0.1) is 0 Å². The Balaban J connectivity index is 1.90. The van der Waals surface area contributed by atoms with Crippen LogP contribution in [0.3, 0.4) is 0 Å². The smallest absolute Gasteiger partial charge is 0.123 e. The van der Waals surface area contributed by atoms with E-state index in [-0.39, 0.29) is 5.82 Å². The number of rotatable bonds is 6. The first-order chi connectivity index (χ1) is 10.3. The molecule has 2 aromatic carbocycles. The lowest BCUT2D eigenvalue weighted by Gasteiger charge is -2.12. The Kier molecular flexibility index (Phi) is 4.20. The molecule has 0 bridgehead atoms. The van der Waals surface area contributed by atoms with Crippen LogP contribution in [0.25, 0.3) is 11.1 Å². The largest absolute Gasteiger partial charge is 0.490 e. The Hall–Kier alpha value is -1.87. The predicted molar refractivity (Wildman–Crippen MR) is 82.9 cm³/mol. The molecule has 0 aliphatic heterocycles. The fourth-order valence-corrected chi connectivity index (χ4v) is 2.37. The molecule has 1 saturated carbocycles. The fourth-order valence-electron chi connectivity index (χ4n) is 2.37. The minimum atomic E-state index is -0.197. The summed E-state index contributed by atoms with van der Waals surface area (Å²) < 4.78 is 19.3. The summed E-state index contributed by atoms with van der Waals surface area (Å²) in [6.07, 6.45) is 2.67. The second-order valence-corrected chi connectivity index (χ2v) is 5.43. The highest BCUT2D eigenvalue weighted by Gasteiger charge is 2.23. The third-order valence-corrected chi connectivity index (χ3v) is 3.60. The highest BCUT2D eigenvalue weighted by Crippen LogP contribution is 2.31. The molecule has 2 aromatic rings. The van der Waals surface area contributed by atoms with Crippen LogP contribution in [-0.2, 0) is 6.54 Å². The molecule has 1 N–H and O–H groups in total. The molecule has 1 aliphatic carbocycles. The Bertz CT molecular complexity index is 622. The van der Waals surface area contributed by atoms with Gasteiger partial charge in [-0.05, 0) is 60.3 Å². The highest BCUT2D eigenvalue weighted by atomic mass is 19.1. The van der Waals surface area contributed by atoms with Gasteiger partial charge in [0.1, 0.15) is 11.6 Å². The van der Waals surface area contributed by atoms with Gasteiger partial charge in [-0.25, -0.2) is 4.39 Å². The standard InChI is InChI=1S/C18H20FNO/c1-2-20-12-14-10-15(19)6-9-18(14)13-4-3-5-17(11-13)21-16-7-8-16/h3-6,9-11,16,20H,2,7-8,12H2,1H3. The molecular weight excluding hydrogens is 265 g/mol. The molecular formula is C18H20FNO. The minimum absolute atomic E-state index is 0.197. The molecule has 21 heavy (non-hydrogen) atoms. The van der Waals surface area contributed by atoms with Gasteiger partial charge < -0.3 is 10.1 Å². The summed E-state index contributed by atoms with van der Waals surface area (Å²) in [6, 6.07) is 13.0. The van der Waals surface area contributed by atoms with Crippen molar-refractivity contribution in [2.45, 2.75) is 32.4 Å². The van der Waals surface area contributed by atoms with Crippen LogP contribution < -0.4 is 10.1 Å². The summed E-state index contributed by atoms with van der Waals surface area (Å²) in [4.78, 5) is 0. The van der Waals surface area contributed by atoms with Crippen molar-refractivity contribution in [1.29, 1.82) is 0 Å². The summed E-state index contributed by atoms with van der Waals surface area (Å²) in [5, 5.41) is 3.26. The Morgan fingerprint density at radius 2 is 2.05 bits per heavy atom. The van der Waals surface area contributed by atoms with Crippen LogP contribution in [0.1, 0.15) is 25.3 Å². The van der Waals surface area contributed by atoms with E-state index in [4.69, 9.17) is 4.74 Å². The van der Waals surface area contributed by atoms with Gasteiger partial charge in [0.2, 0.25) is 0 Å². The van der Waals surface area contributed by atoms with Crippen molar-refractivity contribution < 1.29 is 9.13 Å². The van der Waals surface area contributed by atoms with Crippen molar-refractivity contribution in [3.63, 3.8) is 0 Å². The average molecular weight is 285 g/mol. The second-order valence-electron chi connectivity index (χ2n) is 5.43. The van der Waals surface area contributed by atoms with Gasteiger partial charge in [0.05, 0.1) is 6.10 Å². The maximum atomic E-state index is 13.5. The zero-order valence-electron chi connectivity index (χ0n) is 12.2. The second kappa shape index (κ2) is 6.27. The SMILES string of the molecule is CCNCc1cc(F)ccc1-c1cccc(OC2CC2)c1. The van der Waals surface area contributed by atoms with Crippen LogP contribution in [0.2, 0.25) is 0 Å². The van der Waals surface area contributed by atoms with Gasteiger partial charge in [0.15, 0.2) is 0 Å². The van der Waals surface area contributed by atoms with Gasteiger partial charge in [-0.3, -0.25) is 0 Å².